The smallest absolute Gasteiger partial charge is 0.126 e. The maximum atomic E-state index is 13.5. The van der Waals surface area contributed by atoms with Crippen molar-refractivity contribution in [1.29, 1.82) is 0 Å². The van der Waals surface area contributed by atoms with Crippen LogP contribution in [0.15, 0.2) is 18.2 Å². The van der Waals surface area contributed by atoms with E-state index in [0.29, 0.717) is 18.2 Å². The summed E-state index contributed by atoms with van der Waals surface area (Å²) in [5, 5.41) is 0. The molecular formula is C17H24F2N2. The van der Waals surface area contributed by atoms with Crippen molar-refractivity contribution in [3.63, 3.8) is 0 Å². The molecule has 3 rings (SSSR count). The predicted octanol–water partition coefficient (Wildman–Crippen LogP) is 3.62. The largest absolute Gasteiger partial charge is 0.329 e. The van der Waals surface area contributed by atoms with Crippen LogP contribution in [0.25, 0.3) is 0 Å². The molecule has 0 radical (unpaired) electrons. The van der Waals surface area contributed by atoms with Crippen molar-refractivity contribution in [3.8, 4) is 0 Å². The fourth-order valence-corrected chi connectivity index (χ4v) is 4.28. The van der Waals surface area contributed by atoms with Crippen LogP contribution in [0.5, 0.6) is 0 Å². The topological polar surface area (TPSA) is 29.3 Å². The predicted molar refractivity (Wildman–Crippen MR) is 79.8 cm³/mol. The molecule has 116 valence electrons. The highest BCUT2D eigenvalue weighted by Crippen LogP contribution is 2.39. The molecular weight excluding hydrogens is 270 g/mol. The minimum Gasteiger partial charge on any atom is -0.329 e. The first-order chi connectivity index (χ1) is 10.2. The van der Waals surface area contributed by atoms with Crippen molar-refractivity contribution in [1.82, 2.24) is 4.90 Å². The van der Waals surface area contributed by atoms with Crippen molar-refractivity contribution in [2.24, 2.45) is 11.7 Å². The summed E-state index contributed by atoms with van der Waals surface area (Å²) in [7, 11) is 0. The Morgan fingerprint density at radius 3 is 2.33 bits per heavy atom. The molecule has 1 aliphatic heterocycles. The van der Waals surface area contributed by atoms with Gasteiger partial charge in [-0.2, -0.15) is 0 Å². The second-order valence-corrected chi connectivity index (χ2v) is 6.45. The molecule has 0 amide bonds. The minimum atomic E-state index is -0.514. The van der Waals surface area contributed by atoms with Gasteiger partial charge in [0.15, 0.2) is 0 Å². The van der Waals surface area contributed by atoms with Crippen LogP contribution in [0.4, 0.5) is 8.78 Å². The Morgan fingerprint density at radius 1 is 1.05 bits per heavy atom. The van der Waals surface area contributed by atoms with E-state index in [9.17, 15) is 8.78 Å². The van der Waals surface area contributed by atoms with E-state index in [1.807, 2.05) is 0 Å². The minimum absolute atomic E-state index is 0.0664. The van der Waals surface area contributed by atoms with Crippen molar-refractivity contribution >= 4 is 0 Å². The number of nitrogens with two attached hydrogens (primary N) is 1. The van der Waals surface area contributed by atoms with E-state index in [0.717, 1.165) is 24.9 Å². The van der Waals surface area contributed by atoms with Gasteiger partial charge < -0.3 is 5.73 Å². The summed E-state index contributed by atoms with van der Waals surface area (Å²) in [5.41, 5.74) is 6.64. The summed E-state index contributed by atoms with van der Waals surface area (Å²) < 4.78 is 27.0. The normalized spacial score (nSPS) is 25.6. The van der Waals surface area contributed by atoms with Gasteiger partial charge >= 0.3 is 0 Å². The third-order valence-corrected chi connectivity index (χ3v) is 5.18. The summed E-state index contributed by atoms with van der Waals surface area (Å²) in [6.45, 7) is 1.40. The summed E-state index contributed by atoms with van der Waals surface area (Å²) >= 11 is 0. The van der Waals surface area contributed by atoms with Crippen molar-refractivity contribution in [2.45, 2.75) is 50.6 Å². The van der Waals surface area contributed by atoms with E-state index >= 15 is 0 Å². The highest BCUT2D eigenvalue weighted by molar-refractivity contribution is 5.22. The van der Waals surface area contributed by atoms with Crippen molar-refractivity contribution < 1.29 is 8.78 Å². The number of rotatable bonds is 4. The summed E-state index contributed by atoms with van der Waals surface area (Å²) in [5.74, 6) is -0.292. The van der Waals surface area contributed by atoms with E-state index in [2.05, 4.69) is 4.90 Å². The van der Waals surface area contributed by atoms with Crippen LogP contribution >= 0.6 is 0 Å². The molecule has 1 aliphatic carbocycles. The maximum Gasteiger partial charge on any atom is 0.126 e. The van der Waals surface area contributed by atoms with Crippen LogP contribution in [-0.4, -0.2) is 24.0 Å². The third-order valence-electron chi connectivity index (χ3n) is 5.18. The number of hydrogen-bond acceptors (Lipinski definition) is 2. The van der Waals surface area contributed by atoms with Gasteiger partial charge in [-0.15, -0.1) is 0 Å². The molecule has 2 aliphatic rings. The fourth-order valence-electron chi connectivity index (χ4n) is 4.28. The zero-order chi connectivity index (χ0) is 14.8. The molecule has 2 atom stereocenters. The molecule has 4 heteroatoms. The third kappa shape index (κ3) is 3.11. The lowest BCUT2D eigenvalue weighted by atomic mass is 9.94. The Hall–Kier alpha value is -1.00. The van der Waals surface area contributed by atoms with Crippen LogP contribution in [-0.2, 0) is 0 Å². The summed E-state index contributed by atoms with van der Waals surface area (Å²) in [4.78, 5) is 2.41. The molecule has 21 heavy (non-hydrogen) atoms. The van der Waals surface area contributed by atoms with Gasteiger partial charge in [-0.25, -0.2) is 8.78 Å². The highest BCUT2D eigenvalue weighted by Gasteiger charge is 2.37. The molecule has 1 aromatic rings. The van der Waals surface area contributed by atoms with Crippen LogP contribution in [0.1, 0.15) is 50.1 Å². The Bertz CT molecular complexity index is 465. The lowest BCUT2D eigenvalue weighted by Crippen LogP contribution is -2.40. The summed E-state index contributed by atoms with van der Waals surface area (Å²) in [6, 6.07) is 4.26. The zero-order valence-corrected chi connectivity index (χ0v) is 12.4. The van der Waals surface area contributed by atoms with Crippen LogP contribution in [0.3, 0.4) is 0 Å². The molecule has 2 N–H and O–H groups in total. The first kappa shape index (κ1) is 14.9. The fraction of sp³-hybridized carbons (Fsp3) is 0.647. The first-order valence-corrected chi connectivity index (χ1v) is 8.11. The molecule has 1 saturated carbocycles. The van der Waals surface area contributed by atoms with Crippen LogP contribution in [0, 0.1) is 17.6 Å². The number of benzene rings is 1. The van der Waals surface area contributed by atoms with E-state index in [-0.39, 0.29) is 6.04 Å². The SMILES string of the molecule is NCC(c1cc(F)cc(F)c1)N1CCCC1C1CCCC1. The number of hydrogen-bond donors (Lipinski definition) is 1. The first-order valence-electron chi connectivity index (χ1n) is 8.11. The second kappa shape index (κ2) is 6.41. The molecule has 2 unspecified atom stereocenters. The van der Waals surface area contributed by atoms with E-state index < -0.39 is 11.6 Å². The van der Waals surface area contributed by atoms with Gasteiger partial charge in [-0.1, -0.05) is 12.8 Å². The zero-order valence-electron chi connectivity index (χ0n) is 12.4. The molecule has 2 nitrogen and oxygen atoms in total. The maximum absolute atomic E-state index is 13.5. The lowest BCUT2D eigenvalue weighted by molar-refractivity contribution is 0.137. The lowest BCUT2D eigenvalue weighted by Gasteiger charge is -2.36. The quantitative estimate of drug-likeness (QED) is 0.919. The van der Waals surface area contributed by atoms with Crippen molar-refractivity contribution in [3.05, 3.63) is 35.4 Å². The average Bonchev–Trinajstić information content (AvgIpc) is 3.08. The van der Waals surface area contributed by atoms with Gasteiger partial charge in [0.25, 0.3) is 0 Å². The Kier molecular flexibility index (Phi) is 4.55. The monoisotopic (exact) mass is 294 g/mol. The molecule has 0 bridgehead atoms. The molecule has 1 aromatic carbocycles. The Balaban J connectivity index is 1.84. The molecule has 2 fully saturated rings. The van der Waals surface area contributed by atoms with Crippen LogP contribution < -0.4 is 5.73 Å². The van der Waals surface area contributed by atoms with Gasteiger partial charge in [-0.05, 0) is 55.8 Å². The Morgan fingerprint density at radius 2 is 1.71 bits per heavy atom. The van der Waals surface area contributed by atoms with Gasteiger partial charge in [-0.3, -0.25) is 4.90 Å². The van der Waals surface area contributed by atoms with Gasteiger partial charge in [0.05, 0.1) is 0 Å². The Labute approximate surface area is 125 Å². The van der Waals surface area contributed by atoms with Gasteiger partial charge in [0.2, 0.25) is 0 Å². The number of halogens is 2. The van der Waals surface area contributed by atoms with Crippen molar-refractivity contribution in [2.75, 3.05) is 13.1 Å². The second-order valence-electron chi connectivity index (χ2n) is 6.45. The van der Waals surface area contributed by atoms with E-state index in [1.54, 1.807) is 0 Å². The average molecular weight is 294 g/mol. The molecule has 0 spiro atoms. The van der Waals surface area contributed by atoms with Crippen LogP contribution in [0.2, 0.25) is 0 Å². The number of nitrogens with zero attached hydrogens (tertiary/aromatic N) is 1. The molecule has 0 aromatic heterocycles. The summed E-state index contributed by atoms with van der Waals surface area (Å²) in [6.07, 6.45) is 7.56. The molecule has 1 saturated heterocycles. The van der Waals surface area contributed by atoms with E-state index in [4.69, 9.17) is 5.73 Å². The van der Waals surface area contributed by atoms with Gasteiger partial charge in [0, 0.05) is 24.7 Å². The van der Waals surface area contributed by atoms with Gasteiger partial charge in [0.1, 0.15) is 11.6 Å². The standard InChI is InChI=1S/C17H24F2N2/c18-14-8-13(9-15(19)10-14)17(11-20)21-7-3-6-16(21)12-4-1-2-5-12/h8-10,12,16-17H,1-7,11,20H2. The highest BCUT2D eigenvalue weighted by atomic mass is 19.1. The van der Waals surface area contributed by atoms with E-state index in [1.165, 1.54) is 44.2 Å². The number of likely N-dealkylation sites (tertiary alicyclic amines) is 1. The molecule has 1 heterocycles.